The SMILES string of the molecule is CCNC(C)(CCCOC(C)C(F)(F)F)C(=O)OCC. The summed E-state index contributed by atoms with van der Waals surface area (Å²) >= 11 is 0. The summed E-state index contributed by atoms with van der Waals surface area (Å²) in [6.07, 6.45) is -5.46. The number of nitrogens with one attached hydrogen (secondary N) is 1. The second-order valence-electron chi connectivity index (χ2n) is 4.74. The van der Waals surface area contributed by atoms with Crippen LogP contribution >= 0.6 is 0 Å². The summed E-state index contributed by atoms with van der Waals surface area (Å²) in [5.41, 5.74) is -0.893. The topological polar surface area (TPSA) is 47.6 Å². The number of carbonyl (C=O) groups is 1. The fourth-order valence-corrected chi connectivity index (χ4v) is 1.72. The van der Waals surface area contributed by atoms with E-state index >= 15 is 0 Å². The largest absolute Gasteiger partial charge is 0.465 e. The average molecular weight is 299 g/mol. The quantitative estimate of drug-likeness (QED) is 0.525. The molecule has 0 spiro atoms. The van der Waals surface area contributed by atoms with E-state index in [4.69, 9.17) is 9.47 Å². The Bertz CT molecular complexity index is 297. The van der Waals surface area contributed by atoms with Crippen molar-refractivity contribution in [3.8, 4) is 0 Å². The maximum Gasteiger partial charge on any atom is 0.414 e. The molecule has 0 amide bonds. The lowest BCUT2D eigenvalue weighted by molar-refractivity contribution is -0.214. The van der Waals surface area contributed by atoms with Gasteiger partial charge in [0.05, 0.1) is 6.61 Å². The highest BCUT2D eigenvalue weighted by Gasteiger charge is 2.37. The number of halogens is 3. The van der Waals surface area contributed by atoms with Gasteiger partial charge in [0.15, 0.2) is 6.10 Å². The molecule has 0 bridgehead atoms. The Morgan fingerprint density at radius 2 is 1.90 bits per heavy atom. The molecule has 0 saturated heterocycles. The molecule has 0 aliphatic carbocycles. The third kappa shape index (κ3) is 6.56. The molecule has 1 N–H and O–H groups in total. The first-order valence-electron chi connectivity index (χ1n) is 6.78. The minimum Gasteiger partial charge on any atom is -0.465 e. The second kappa shape index (κ2) is 8.46. The first-order chi connectivity index (χ1) is 9.17. The van der Waals surface area contributed by atoms with E-state index in [1.165, 1.54) is 0 Å². The molecular formula is C13H24F3NO3. The van der Waals surface area contributed by atoms with Crippen LogP contribution in [-0.2, 0) is 14.3 Å². The lowest BCUT2D eigenvalue weighted by Crippen LogP contribution is -2.50. The van der Waals surface area contributed by atoms with Crippen molar-refractivity contribution < 1.29 is 27.4 Å². The lowest BCUT2D eigenvalue weighted by Gasteiger charge is -2.28. The predicted octanol–water partition coefficient (Wildman–Crippen LogP) is 2.67. The maximum atomic E-state index is 12.2. The van der Waals surface area contributed by atoms with Gasteiger partial charge in [-0.2, -0.15) is 13.2 Å². The molecule has 2 atom stereocenters. The molecule has 20 heavy (non-hydrogen) atoms. The molecule has 120 valence electrons. The van der Waals surface area contributed by atoms with Crippen molar-refractivity contribution in [3.63, 3.8) is 0 Å². The highest BCUT2D eigenvalue weighted by atomic mass is 19.4. The molecule has 0 aromatic heterocycles. The fourth-order valence-electron chi connectivity index (χ4n) is 1.72. The van der Waals surface area contributed by atoms with E-state index in [0.717, 1.165) is 6.92 Å². The van der Waals surface area contributed by atoms with Gasteiger partial charge >= 0.3 is 12.1 Å². The lowest BCUT2D eigenvalue weighted by atomic mass is 9.96. The van der Waals surface area contributed by atoms with Crippen LogP contribution in [0.2, 0.25) is 0 Å². The highest BCUT2D eigenvalue weighted by molar-refractivity contribution is 5.80. The van der Waals surface area contributed by atoms with Gasteiger partial charge < -0.3 is 14.8 Å². The second-order valence-corrected chi connectivity index (χ2v) is 4.74. The molecule has 0 fully saturated rings. The van der Waals surface area contributed by atoms with Crippen LogP contribution in [0.25, 0.3) is 0 Å². The first kappa shape index (κ1) is 19.2. The van der Waals surface area contributed by atoms with Gasteiger partial charge in [-0.05, 0) is 40.2 Å². The average Bonchev–Trinajstić information content (AvgIpc) is 2.33. The Morgan fingerprint density at radius 3 is 2.35 bits per heavy atom. The van der Waals surface area contributed by atoms with E-state index in [0.29, 0.717) is 19.4 Å². The van der Waals surface area contributed by atoms with Gasteiger partial charge in [-0.25, -0.2) is 0 Å². The monoisotopic (exact) mass is 299 g/mol. The molecule has 7 heteroatoms. The van der Waals surface area contributed by atoms with Gasteiger partial charge in [-0.1, -0.05) is 6.92 Å². The predicted molar refractivity (Wildman–Crippen MR) is 69.4 cm³/mol. The number of ether oxygens (including phenoxy) is 2. The zero-order chi connectivity index (χ0) is 15.8. The molecule has 0 radical (unpaired) electrons. The van der Waals surface area contributed by atoms with Crippen molar-refractivity contribution in [3.05, 3.63) is 0 Å². The molecule has 0 saturated carbocycles. The van der Waals surface area contributed by atoms with Gasteiger partial charge in [0, 0.05) is 6.61 Å². The molecule has 0 aliphatic rings. The maximum absolute atomic E-state index is 12.2. The summed E-state index contributed by atoms with van der Waals surface area (Å²) in [4.78, 5) is 11.8. The van der Waals surface area contributed by atoms with Crippen molar-refractivity contribution in [1.29, 1.82) is 0 Å². The zero-order valence-electron chi connectivity index (χ0n) is 12.5. The first-order valence-corrected chi connectivity index (χ1v) is 6.78. The molecule has 0 rings (SSSR count). The van der Waals surface area contributed by atoms with Crippen LogP contribution < -0.4 is 5.32 Å². The van der Waals surface area contributed by atoms with Crippen molar-refractivity contribution >= 4 is 5.97 Å². The van der Waals surface area contributed by atoms with Crippen molar-refractivity contribution in [1.82, 2.24) is 5.32 Å². The van der Waals surface area contributed by atoms with E-state index in [9.17, 15) is 18.0 Å². The van der Waals surface area contributed by atoms with Crippen LogP contribution in [0.3, 0.4) is 0 Å². The van der Waals surface area contributed by atoms with E-state index in [1.54, 1.807) is 13.8 Å². The van der Waals surface area contributed by atoms with Gasteiger partial charge in [0.1, 0.15) is 5.54 Å². The smallest absolute Gasteiger partial charge is 0.414 e. The van der Waals surface area contributed by atoms with Crippen LogP contribution in [0, 0.1) is 0 Å². The fraction of sp³-hybridized carbons (Fsp3) is 0.923. The molecule has 4 nitrogen and oxygen atoms in total. The molecule has 0 heterocycles. The number of hydrogen-bond donors (Lipinski definition) is 1. The molecule has 2 unspecified atom stereocenters. The minimum atomic E-state index is -4.36. The standard InChI is InChI=1S/C13H24F3NO3/c1-5-17-12(4,11(18)19-6-2)8-7-9-20-10(3)13(14,15)16/h10,17H,5-9H2,1-4H3. The summed E-state index contributed by atoms with van der Waals surface area (Å²) in [6.45, 7) is 6.98. The Morgan fingerprint density at radius 1 is 1.30 bits per heavy atom. The van der Waals surface area contributed by atoms with Gasteiger partial charge in [0.2, 0.25) is 0 Å². The number of alkyl halides is 3. The minimum absolute atomic E-state index is 0.0545. The third-order valence-electron chi connectivity index (χ3n) is 2.94. The zero-order valence-corrected chi connectivity index (χ0v) is 12.5. The Kier molecular flexibility index (Phi) is 8.12. The molecule has 0 aromatic carbocycles. The third-order valence-corrected chi connectivity index (χ3v) is 2.94. The van der Waals surface area contributed by atoms with Crippen LogP contribution in [0.5, 0.6) is 0 Å². The summed E-state index contributed by atoms with van der Waals surface area (Å²) < 4.78 is 46.4. The summed E-state index contributed by atoms with van der Waals surface area (Å²) in [7, 11) is 0. The Hall–Kier alpha value is -0.820. The Balaban J connectivity index is 4.25. The van der Waals surface area contributed by atoms with Crippen molar-refractivity contribution in [2.24, 2.45) is 0 Å². The number of esters is 1. The van der Waals surface area contributed by atoms with Crippen LogP contribution in [0.4, 0.5) is 13.2 Å². The number of carbonyl (C=O) groups excluding carboxylic acids is 1. The van der Waals surface area contributed by atoms with E-state index in [1.807, 2.05) is 6.92 Å². The van der Waals surface area contributed by atoms with E-state index in [-0.39, 0.29) is 13.2 Å². The van der Waals surface area contributed by atoms with Crippen molar-refractivity contribution in [2.45, 2.75) is 58.4 Å². The normalized spacial score (nSPS) is 16.6. The van der Waals surface area contributed by atoms with E-state index in [2.05, 4.69) is 5.32 Å². The highest BCUT2D eigenvalue weighted by Crippen LogP contribution is 2.23. The van der Waals surface area contributed by atoms with Gasteiger partial charge in [-0.15, -0.1) is 0 Å². The van der Waals surface area contributed by atoms with Crippen LogP contribution in [0.1, 0.15) is 40.5 Å². The summed E-state index contributed by atoms with van der Waals surface area (Å²) in [5, 5.41) is 3.01. The van der Waals surface area contributed by atoms with Crippen LogP contribution in [-0.4, -0.2) is 43.5 Å². The van der Waals surface area contributed by atoms with Crippen molar-refractivity contribution in [2.75, 3.05) is 19.8 Å². The molecule has 0 aliphatic heterocycles. The number of rotatable bonds is 9. The number of likely N-dealkylation sites (N-methyl/N-ethyl adjacent to an activating group) is 1. The van der Waals surface area contributed by atoms with E-state index < -0.39 is 23.8 Å². The summed E-state index contributed by atoms with van der Waals surface area (Å²) in [5.74, 6) is -0.397. The Labute approximate surface area is 118 Å². The van der Waals surface area contributed by atoms with Crippen LogP contribution in [0.15, 0.2) is 0 Å². The number of hydrogen-bond acceptors (Lipinski definition) is 4. The molecule has 0 aromatic rings. The van der Waals surface area contributed by atoms with Gasteiger partial charge in [0.25, 0.3) is 0 Å². The summed E-state index contributed by atoms with van der Waals surface area (Å²) in [6, 6.07) is 0. The van der Waals surface area contributed by atoms with Gasteiger partial charge in [-0.3, -0.25) is 4.79 Å². The molecular weight excluding hydrogens is 275 g/mol.